The number of non-ortho nitro benzene ring substituents is 1. The van der Waals surface area contributed by atoms with Gasteiger partial charge in [0, 0.05) is 12.6 Å². The SMILES string of the molecule is O=[N+]([O-])c1ccc(NCc2ccc(O)cc2)c([N+](=O)[O-])c1. The van der Waals surface area contributed by atoms with Crippen LogP contribution in [-0.2, 0) is 6.54 Å². The van der Waals surface area contributed by atoms with Crippen LogP contribution < -0.4 is 5.32 Å². The molecule has 0 saturated carbocycles. The molecular formula is C13H11N3O5. The van der Waals surface area contributed by atoms with Gasteiger partial charge < -0.3 is 10.4 Å². The molecular weight excluding hydrogens is 278 g/mol. The molecule has 8 heteroatoms. The number of anilines is 1. The lowest BCUT2D eigenvalue weighted by Gasteiger charge is -2.07. The molecule has 0 aliphatic heterocycles. The monoisotopic (exact) mass is 289 g/mol. The van der Waals surface area contributed by atoms with E-state index in [1.807, 2.05) is 0 Å². The topological polar surface area (TPSA) is 119 Å². The first-order valence-electron chi connectivity index (χ1n) is 5.92. The molecule has 2 aromatic rings. The lowest BCUT2D eigenvalue weighted by atomic mass is 10.2. The van der Waals surface area contributed by atoms with Crippen molar-refractivity contribution in [2.24, 2.45) is 0 Å². The molecule has 0 radical (unpaired) electrons. The quantitative estimate of drug-likeness (QED) is 0.645. The zero-order valence-corrected chi connectivity index (χ0v) is 10.7. The van der Waals surface area contributed by atoms with E-state index >= 15 is 0 Å². The average molecular weight is 289 g/mol. The molecule has 108 valence electrons. The van der Waals surface area contributed by atoms with Crippen LogP contribution in [0.4, 0.5) is 17.1 Å². The Balaban J connectivity index is 2.21. The van der Waals surface area contributed by atoms with Gasteiger partial charge in [0.05, 0.1) is 15.9 Å². The third kappa shape index (κ3) is 3.44. The standard InChI is InChI=1S/C13H11N3O5/c17-11-4-1-9(2-5-11)8-14-12-6-3-10(15(18)19)7-13(12)16(20)21/h1-7,14,17H,8H2. The predicted octanol–water partition coefficient (Wildman–Crippen LogP) is 2.82. The Morgan fingerprint density at radius 3 is 2.24 bits per heavy atom. The second-order valence-electron chi connectivity index (χ2n) is 4.24. The van der Waals surface area contributed by atoms with E-state index in [2.05, 4.69) is 5.32 Å². The molecule has 0 bridgehead atoms. The Kier molecular flexibility index (Phi) is 3.98. The molecule has 0 atom stereocenters. The third-order valence-electron chi connectivity index (χ3n) is 2.81. The first-order valence-corrected chi connectivity index (χ1v) is 5.92. The average Bonchev–Trinajstić information content (AvgIpc) is 2.46. The third-order valence-corrected chi connectivity index (χ3v) is 2.81. The summed E-state index contributed by atoms with van der Waals surface area (Å²) in [6.45, 7) is 0.291. The van der Waals surface area contributed by atoms with Crippen LogP contribution in [0.2, 0.25) is 0 Å². The highest BCUT2D eigenvalue weighted by atomic mass is 16.6. The van der Waals surface area contributed by atoms with Crippen LogP contribution in [0, 0.1) is 20.2 Å². The van der Waals surface area contributed by atoms with E-state index in [1.54, 1.807) is 12.1 Å². The van der Waals surface area contributed by atoms with Gasteiger partial charge in [-0.05, 0) is 23.8 Å². The predicted molar refractivity (Wildman–Crippen MR) is 75.2 cm³/mol. The van der Waals surface area contributed by atoms with Gasteiger partial charge in [0.25, 0.3) is 11.4 Å². The Hall–Kier alpha value is -3.16. The van der Waals surface area contributed by atoms with Crippen LogP contribution in [0.25, 0.3) is 0 Å². The van der Waals surface area contributed by atoms with Gasteiger partial charge in [0.1, 0.15) is 11.4 Å². The Morgan fingerprint density at radius 2 is 1.67 bits per heavy atom. The molecule has 0 heterocycles. The van der Waals surface area contributed by atoms with Crippen molar-refractivity contribution in [2.45, 2.75) is 6.54 Å². The maximum atomic E-state index is 11.0. The molecule has 21 heavy (non-hydrogen) atoms. The summed E-state index contributed by atoms with van der Waals surface area (Å²) in [5.41, 5.74) is 0.305. The summed E-state index contributed by atoms with van der Waals surface area (Å²) in [4.78, 5) is 20.2. The number of nitro groups is 2. The molecule has 0 saturated heterocycles. The van der Waals surface area contributed by atoms with E-state index in [1.165, 1.54) is 24.3 Å². The largest absolute Gasteiger partial charge is 0.508 e. The lowest BCUT2D eigenvalue weighted by Crippen LogP contribution is -2.03. The summed E-state index contributed by atoms with van der Waals surface area (Å²) in [5, 5.41) is 33.6. The number of benzene rings is 2. The molecule has 8 nitrogen and oxygen atoms in total. The van der Waals surface area contributed by atoms with Crippen molar-refractivity contribution in [3.8, 4) is 5.75 Å². The Morgan fingerprint density at radius 1 is 1.00 bits per heavy atom. The highest BCUT2D eigenvalue weighted by Crippen LogP contribution is 2.29. The van der Waals surface area contributed by atoms with Crippen molar-refractivity contribution >= 4 is 17.1 Å². The van der Waals surface area contributed by atoms with Crippen molar-refractivity contribution in [3.63, 3.8) is 0 Å². The number of nitrogens with zero attached hydrogens (tertiary/aromatic N) is 2. The molecule has 0 fully saturated rings. The summed E-state index contributed by atoms with van der Waals surface area (Å²) in [6, 6.07) is 9.75. The molecule has 2 rings (SSSR count). The van der Waals surface area contributed by atoms with Gasteiger partial charge in [-0.3, -0.25) is 20.2 Å². The molecule has 0 aromatic heterocycles. The summed E-state index contributed by atoms with van der Waals surface area (Å²) >= 11 is 0. The van der Waals surface area contributed by atoms with Crippen molar-refractivity contribution in [1.29, 1.82) is 0 Å². The molecule has 2 N–H and O–H groups in total. The molecule has 2 aromatic carbocycles. The number of rotatable bonds is 5. The molecule has 0 amide bonds. The first-order chi connectivity index (χ1) is 9.97. The van der Waals surface area contributed by atoms with E-state index < -0.39 is 9.85 Å². The van der Waals surface area contributed by atoms with Crippen LogP contribution in [0.15, 0.2) is 42.5 Å². The second kappa shape index (κ2) is 5.87. The number of aromatic hydroxyl groups is 1. The Labute approximate surface area is 119 Å². The summed E-state index contributed by atoms with van der Waals surface area (Å²) in [7, 11) is 0. The van der Waals surface area contributed by atoms with E-state index in [9.17, 15) is 20.2 Å². The number of nitro benzene ring substituents is 2. The minimum Gasteiger partial charge on any atom is -0.508 e. The van der Waals surface area contributed by atoms with Gasteiger partial charge in [0.2, 0.25) is 0 Å². The molecule has 0 spiro atoms. The number of hydrogen-bond donors (Lipinski definition) is 2. The van der Waals surface area contributed by atoms with Gasteiger partial charge >= 0.3 is 0 Å². The highest BCUT2D eigenvalue weighted by Gasteiger charge is 2.19. The maximum Gasteiger partial charge on any atom is 0.299 e. The van der Waals surface area contributed by atoms with Crippen molar-refractivity contribution < 1.29 is 15.0 Å². The van der Waals surface area contributed by atoms with Crippen LogP contribution >= 0.6 is 0 Å². The van der Waals surface area contributed by atoms with E-state index in [4.69, 9.17) is 5.11 Å². The number of nitrogens with one attached hydrogen (secondary N) is 1. The zero-order chi connectivity index (χ0) is 15.4. The minimum atomic E-state index is -0.684. The van der Waals surface area contributed by atoms with Gasteiger partial charge in [-0.15, -0.1) is 0 Å². The number of phenolic OH excluding ortho intramolecular Hbond substituents is 1. The van der Waals surface area contributed by atoms with Crippen molar-refractivity contribution in [2.75, 3.05) is 5.32 Å². The highest BCUT2D eigenvalue weighted by molar-refractivity contribution is 5.65. The number of phenols is 1. The summed E-state index contributed by atoms with van der Waals surface area (Å²) < 4.78 is 0. The zero-order valence-electron chi connectivity index (χ0n) is 10.7. The van der Waals surface area contributed by atoms with Crippen LogP contribution in [-0.4, -0.2) is 15.0 Å². The molecule has 0 aliphatic rings. The van der Waals surface area contributed by atoms with Gasteiger partial charge in [-0.1, -0.05) is 12.1 Å². The minimum absolute atomic E-state index is 0.125. The second-order valence-corrected chi connectivity index (χ2v) is 4.24. The summed E-state index contributed by atoms with van der Waals surface area (Å²) in [6.07, 6.45) is 0. The number of hydrogen-bond acceptors (Lipinski definition) is 6. The fraction of sp³-hybridized carbons (Fsp3) is 0.0769. The van der Waals surface area contributed by atoms with E-state index in [0.717, 1.165) is 11.6 Å². The fourth-order valence-electron chi connectivity index (χ4n) is 1.75. The maximum absolute atomic E-state index is 11.0. The van der Waals surface area contributed by atoms with Gasteiger partial charge in [-0.2, -0.15) is 0 Å². The van der Waals surface area contributed by atoms with E-state index in [-0.39, 0.29) is 22.8 Å². The van der Waals surface area contributed by atoms with Crippen molar-refractivity contribution in [1.82, 2.24) is 0 Å². The molecule has 0 aliphatic carbocycles. The van der Waals surface area contributed by atoms with Crippen LogP contribution in [0.5, 0.6) is 5.75 Å². The van der Waals surface area contributed by atoms with Gasteiger partial charge in [0.15, 0.2) is 0 Å². The van der Waals surface area contributed by atoms with Crippen molar-refractivity contribution in [3.05, 3.63) is 68.3 Å². The molecule has 0 unspecified atom stereocenters. The lowest BCUT2D eigenvalue weighted by molar-refractivity contribution is -0.393. The normalized spacial score (nSPS) is 10.1. The summed E-state index contributed by atoms with van der Waals surface area (Å²) in [5.74, 6) is 0.125. The van der Waals surface area contributed by atoms with Gasteiger partial charge in [-0.25, -0.2) is 0 Å². The smallest absolute Gasteiger partial charge is 0.299 e. The Bertz CT molecular complexity index is 685. The van der Waals surface area contributed by atoms with Crippen LogP contribution in [0.1, 0.15) is 5.56 Å². The first kappa shape index (κ1) is 14.3. The fourth-order valence-corrected chi connectivity index (χ4v) is 1.75. The van der Waals surface area contributed by atoms with E-state index in [0.29, 0.717) is 6.54 Å². The van der Waals surface area contributed by atoms with Crippen LogP contribution in [0.3, 0.4) is 0 Å².